The molecule has 0 spiro atoms. The fourth-order valence-corrected chi connectivity index (χ4v) is 2.47. The van der Waals surface area contributed by atoms with Crippen LogP contribution in [0.5, 0.6) is 5.75 Å². The van der Waals surface area contributed by atoms with Crippen LogP contribution >= 0.6 is 27.5 Å². The molecule has 1 unspecified atom stereocenters. The normalized spacial score (nSPS) is 12.6. The lowest BCUT2D eigenvalue weighted by atomic mass is 9.99. The number of hydrogen-bond acceptors (Lipinski definition) is 1. The van der Waals surface area contributed by atoms with Crippen molar-refractivity contribution < 1.29 is 4.74 Å². The molecule has 1 aromatic rings. The third-order valence-corrected chi connectivity index (χ3v) is 3.40. The zero-order chi connectivity index (χ0) is 10.6. The Balaban J connectivity index is 2.95. The van der Waals surface area contributed by atoms with Crippen molar-refractivity contribution in [3.63, 3.8) is 0 Å². The quantitative estimate of drug-likeness (QED) is 0.748. The number of methoxy groups -OCH3 is 1. The van der Waals surface area contributed by atoms with Crippen LogP contribution in [0.1, 0.15) is 24.8 Å². The molecule has 0 aliphatic heterocycles. The van der Waals surface area contributed by atoms with Crippen LogP contribution in [0.4, 0.5) is 0 Å². The molecule has 0 aliphatic carbocycles. The standard InChI is InChI=1S/C11H14BrClO/c1-3-8(7-12)9-4-5-11(14-2)10(13)6-9/h4-6,8H,3,7H2,1-2H3. The van der Waals surface area contributed by atoms with Gasteiger partial charge in [0.2, 0.25) is 0 Å². The van der Waals surface area contributed by atoms with E-state index in [1.807, 2.05) is 12.1 Å². The highest BCUT2D eigenvalue weighted by Gasteiger charge is 2.09. The minimum absolute atomic E-state index is 0.526. The summed E-state index contributed by atoms with van der Waals surface area (Å²) in [5.41, 5.74) is 1.26. The van der Waals surface area contributed by atoms with E-state index < -0.39 is 0 Å². The van der Waals surface area contributed by atoms with E-state index in [9.17, 15) is 0 Å². The molecule has 1 nitrogen and oxygen atoms in total. The lowest BCUT2D eigenvalue weighted by Gasteiger charge is -2.13. The van der Waals surface area contributed by atoms with E-state index in [2.05, 4.69) is 28.9 Å². The lowest BCUT2D eigenvalue weighted by molar-refractivity contribution is 0.415. The topological polar surface area (TPSA) is 9.23 Å². The van der Waals surface area contributed by atoms with Gasteiger partial charge < -0.3 is 4.74 Å². The Bertz CT molecular complexity index is 297. The SMILES string of the molecule is CCC(CBr)c1ccc(OC)c(Cl)c1. The minimum atomic E-state index is 0.526. The third-order valence-electron chi connectivity index (χ3n) is 2.33. The number of alkyl halides is 1. The number of benzene rings is 1. The summed E-state index contributed by atoms with van der Waals surface area (Å²) < 4.78 is 5.10. The van der Waals surface area contributed by atoms with Crippen molar-refractivity contribution in [2.75, 3.05) is 12.4 Å². The summed E-state index contributed by atoms with van der Waals surface area (Å²) in [6.45, 7) is 2.17. The summed E-state index contributed by atoms with van der Waals surface area (Å²) in [6.07, 6.45) is 1.11. The average Bonchev–Trinajstić information content (AvgIpc) is 2.20. The van der Waals surface area contributed by atoms with E-state index >= 15 is 0 Å². The summed E-state index contributed by atoms with van der Waals surface area (Å²) in [5, 5.41) is 1.65. The Kier molecular flexibility index (Phi) is 4.76. The third kappa shape index (κ3) is 2.64. The molecule has 1 rings (SSSR count). The summed E-state index contributed by atoms with van der Waals surface area (Å²) in [5.74, 6) is 1.26. The maximum atomic E-state index is 6.05. The Morgan fingerprint density at radius 2 is 2.21 bits per heavy atom. The largest absolute Gasteiger partial charge is 0.495 e. The van der Waals surface area contributed by atoms with Crippen molar-refractivity contribution in [3.05, 3.63) is 28.8 Å². The number of hydrogen-bond donors (Lipinski definition) is 0. The molecular weight excluding hydrogens is 263 g/mol. The van der Waals surface area contributed by atoms with Gasteiger partial charge in [-0.15, -0.1) is 0 Å². The molecule has 0 aliphatic rings. The molecular formula is C11H14BrClO. The summed E-state index contributed by atoms with van der Waals surface area (Å²) in [4.78, 5) is 0. The van der Waals surface area contributed by atoms with Crippen LogP contribution in [-0.4, -0.2) is 12.4 Å². The molecule has 0 bridgehead atoms. The number of ether oxygens (including phenoxy) is 1. The van der Waals surface area contributed by atoms with Crippen molar-refractivity contribution in [2.24, 2.45) is 0 Å². The highest BCUT2D eigenvalue weighted by molar-refractivity contribution is 9.09. The van der Waals surface area contributed by atoms with Gasteiger partial charge in [-0.1, -0.05) is 40.5 Å². The summed E-state index contributed by atoms with van der Waals surface area (Å²) in [6, 6.07) is 5.97. The molecule has 14 heavy (non-hydrogen) atoms. The molecule has 3 heteroatoms. The zero-order valence-electron chi connectivity index (χ0n) is 8.39. The predicted octanol–water partition coefficient (Wildman–Crippen LogP) is 4.24. The zero-order valence-corrected chi connectivity index (χ0v) is 10.7. The van der Waals surface area contributed by atoms with Gasteiger partial charge in [0, 0.05) is 5.33 Å². The molecule has 0 aromatic heterocycles. The van der Waals surface area contributed by atoms with Crippen molar-refractivity contribution in [3.8, 4) is 5.75 Å². The van der Waals surface area contributed by atoms with Gasteiger partial charge in [-0.2, -0.15) is 0 Å². The van der Waals surface area contributed by atoms with Gasteiger partial charge in [-0.05, 0) is 30.0 Å². The molecule has 1 aromatic carbocycles. The highest BCUT2D eigenvalue weighted by atomic mass is 79.9. The molecule has 0 saturated carbocycles. The van der Waals surface area contributed by atoms with Crippen LogP contribution in [0.3, 0.4) is 0 Å². The van der Waals surface area contributed by atoms with E-state index in [0.717, 1.165) is 17.5 Å². The van der Waals surface area contributed by atoms with Crippen molar-refractivity contribution in [1.82, 2.24) is 0 Å². The van der Waals surface area contributed by atoms with Gasteiger partial charge in [-0.25, -0.2) is 0 Å². The van der Waals surface area contributed by atoms with E-state index in [4.69, 9.17) is 16.3 Å². The molecule has 0 radical (unpaired) electrons. The van der Waals surface area contributed by atoms with Gasteiger partial charge in [0.05, 0.1) is 12.1 Å². The van der Waals surface area contributed by atoms with Gasteiger partial charge in [0.1, 0.15) is 5.75 Å². The molecule has 0 amide bonds. The van der Waals surface area contributed by atoms with Crippen LogP contribution in [0.25, 0.3) is 0 Å². The van der Waals surface area contributed by atoms with Crippen molar-refractivity contribution >= 4 is 27.5 Å². The summed E-state index contributed by atoms with van der Waals surface area (Å²) in [7, 11) is 1.63. The second kappa shape index (κ2) is 5.62. The Hall–Kier alpha value is -0.210. The number of rotatable bonds is 4. The van der Waals surface area contributed by atoms with Crippen LogP contribution in [0.2, 0.25) is 5.02 Å². The fourth-order valence-electron chi connectivity index (χ4n) is 1.37. The van der Waals surface area contributed by atoms with E-state index in [1.165, 1.54) is 5.56 Å². The van der Waals surface area contributed by atoms with Crippen LogP contribution < -0.4 is 4.74 Å². The first-order valence-electron chi connectivity index (χ1n) is 4.62. The van der Waals surface area contributed by atoms with E-state index in [0.29, 0.717) is 10.9 Å². The van der Waals surface area contributed by atoms with Gasteiger partial charge in [-0.3, -0.25) is 0 Å². The first-order chi connectivity index (χ1) is 6.72. The maximum absolute atomic E-state index is 6.05. The summed E-state index contributed by atoms with van der Waals surface area (Å²) >= 11 is 9.55. The van der Waals surface area contributed by atoms with Crippen LogP contribution in [-0.2, 0) is 0 Å². The second-order valence-electron chi connectivity index (χ2n) is 3.15. The van der Waals surface area contributed by atoms with Crippen LogP contribution in [0, 0.1) is 0 Å². The Morgan fingerprint density at radius 1 is 1.50 bits per heavy atom. The monoisotopic (exact) mass is 276 g/mol. The van der Waals surface area contributed by atoms with E-state index in [-0.39, 0.29) is 0 Å². The average molecular weight is 278 g/mol. The highest BCUT2D eigenvalue weighted by Crippen LogP contribution is 2.30. The molecule has 78 valence electrons. The van der Waals surface area contributed by atoms with Crippen LogP contribution in [0.15, 0.2) is 18.2 Å². The first-order valence-corrected chi connectivity index (χ1v) is 6.12. The van der Waals surface area contributed by atoms with E-state index in [1.54, 1.807) is 7.11 Å². The van der Waals surface area contributed by atoms with Crippen molar-refractivity contribution in [2.45, 2.75) is 19.3 Å². The molecule has 0 fully saturated rings. The second-order valence-corrected chi connectivity index (χ2v) is 4.21. The van der Waals surface area contributed by atoms with Gasteiger partial charge in [0.15, 0.2) is 0 Å². The number of halogens is 2. The predicted molar refractivity (Wildman–Crippen MR) is 64.8 cm³/mol. The lowest BCUT2D eigenvalue weighted by Crippen LogP contribution is -1.98. The first kappa shape index (κ1) is 11.9. The smallest absolute Gasteiger partial charge is 0.137 e. The van der Waals surface area contributed by atoms with Crippen molar-refractivity contribution in [1.29, 1.82) is 0 Å². The maximum Gasteiger partial charge on any atom is 0.137 e. The Morgan fingerprint density at radius 3 is 2.64 bits per heavy atom. The van der Waals surface area contributed by atoms with Gasteiger partial charge in [0.25, 0.3) is 0 Å². The Labute approximate surface area is 98.5 Å². The molecule has 0 N–H and O–H groups in total. The molecule has 0 saturated heterocycles. The molecule has 0 heterocycles. The minimum Gasteiger partial charge on any atom is -0.495 e. The fraction of sp³-hybridized carbons (Fsp3) is 0.455. The van der Waals surface area contributed by atoms with Gasteiger partial charge >= 0.3 is 0 Å². The molecule has 1 atom stereocenters.